The van der Waals surface area contributed by atoms with Gasteiger partial charge >= 0.3 is 11.9 Å². The predicted molar refractivity (Wildman–Crippen MR) is 113 cm³/mol. The number of thioether (sulfide) groups is 1. The summed E-state index contributed by atoms with van der Waals surface area (Å²) in [7, 11) is 0. The molecule has 31 heavy (non-hydrogen) atoms. The van der Waals surface area contributed by atoms with Gasteiger partial charge in [-0.25, -0.2) is 4.79 Å². The van der Waals surface area contributed by atoms with Crippen LogP contribution in [0.2, 0.25) is 0 Å². The normalized spacial score (nSPS) is 15.8. The summed E-state index contributed by atoms with van der Waals surface area (Å²) in [6, 6.07) is -5.23. The van der Waals surface area contributed by atoms with Crippen LogP contribution in [0, 0.1) is 5.92 Å². The van der Waals surface area contributed by atoms with E-state index in [0.29, 0.717) is 5.75 Å². The average molecular weight is 465 g/mol. The number of amides is 3. The van der Waals surface area contributed by atoms with Crippen molar-refractivity contribution in [2.24, 2.45) is 11.7 Å². The lowest BCUT2D eigenvalue weighted by Crippen LogP contribution is -2.60. The van der Waals surface area contributed by atoms with Crippen LogP contribution < -0.4 is 21.7 Å². The number of nitrogens with two attached hydrogens (primary N) is 1. The van der Waals surface area contributed by atoms with Crippen molar-refractivity contribution in [3.05, 3.63) is 0 Å². The molecule has 178 valence electrons. The first-order chi connectivity index (χ1) is 14.3. The Morgan fingerprint density at radius 2 is 1.42 bits per heavy atom. The fraction of sp³-hybridized carbons (Fsp3) is 0.722. The van der Waals surface area contributed by atoms with Crippen LogP contribution in [0.1, 0.15) is 33.6 Å². The summed E-state index contributed by atoms with van der Waals surface area (Å²) in [5, 5.41) is 34.8. The minimum Gasteiger partial charge on any atom is -0.481 e. The van der Waals surface area contributed by atoms with E-state index in [1.54, 1.807) is 20.1 Å². The second kappa shape index (κ2) is 13.8. The zero-order valence-electron chi connectivity index (χ0n) is 18.0. The summed E-state index contributed by atoms with van der Waals surface area (Å²) < 4.78 is 0. The van der Waals surface area contributed by atoms with Crippen LogP contribution in [-0.4, -0.2) is 87.3 Å². The minimum atomic E-state index is -1.51. The zero-order chi connectivity index (χ0) is 24.3. The van der Waals surface area contributed by atoms with Crippen LogP contribution >= 0.6 is 11.8 Å². The summed E-state index contributed by atoms with van der Waals surface area (Å²) in [5.41, 5.74) is 5.46. The molecule has 0 bridgehead atoms. The van der Waals surface area contributed by atoms with Gasteiger partial charge < -0.3 is 37.0 Å². The number of hydrogen-bond donors (Lipinski definition) is 7. The first kappa shape index (κ1) is 28.6. The second-order valence-corrected chi connectivity index (χ2v) is 8.33. The van der Waals surface area contributed by atoms with Crippen LogP contribution in [0.25, 0.3) is 0 Å². The summed E-state index contributed by atoms with van der Waals surface area (Å²) >= 11 is 1.42. The van der Waals surface area contributed by atoms with E-state index in [1.165, 1.54) is 18.7 Å². The Labute approximate surface area is 184 Å². The Hall–Kier alpha value is -2.38. The summed E-state index contributed by atoms with van der Waals surface area (Å²) in [6.45, 7) is 4.47. The summed E-state index contributed by atoms with van der Waals surface area (Å²) in [5.74, 6) is -5.06. The van der Waals surface area contributed by atoms with Gasteiger partial charge in [0.05, 0.1) is 18.6 Å². The smallest absolute Gasteiger partial charge is 0.326 e. The fourth-order valence-corrected chi connectivity index (χ4v) is 2.95. The number of carbonyl (C=O) groups is 5. The van der Waals surface area contributed by atoms with E-state index in [2.05, 4.69) is 16.0 Å². The summed E-state index contributed by atoms with van der Waals surface area (Å²) in [6.07, 6.45) is -0.0754. The van der Waals surface area contributed by atoms with Gasteiger partial charge in [0.25, 0.3) is 0 Å². The monoisotopic (exact) mass is 464 g/mol. The number of carboxylic acid groups (broad SMARTS) is 2. The van der Waals surface area contributed by atoms with Crippen molar-refractivity contribution < 1.29 is 39.3 Å². The highest BCUT2D eigenvalue weighted by Crippen LogP contribution is 2.07. The van der Waals surface area contributed by atoms with E-state index >= 15 is 0 Å². The highest BCUT2D eigenvalue weighted by atomic mass is 32.2. The van der Waals surface area contributed by atoms with Gasteiger partial charge in [-0.2, -0.15) is 11.8 Å². The van der Waals surface area contributed by atoms with Crippen molar-refractivity contribution >= 4 is 41.4 Å². The first-order valence-electron chi connectivity index (χ1n) is 9.60. The van der Waals surface area contributed by atoms with Gasteiger partial charge in [-0.05, 0) is 31.3 Å². The van der Waals surface area contributed by atoms with Gasteiger partial charge in [0.1, 0.15) is 18.1 Å². The van der Waals surface area contributed by atoms with Crippen LogP contribution in [0.3, 0.4) is 0 Å². The maximum Gasteiger partial charge on any atom is 0.326 e. The Balaban J connectivity index is 5.31. The molecule has 0 fully saturated rings. The zero-order valence-corrected chi connectivity index (χ0v) is 18.8. The molecule has 0 saturated heterocycles. The number of aliphatic carboxylic acids is 2. The molecule has 0 spiro atoms. The van der Waals surface area contributed by atoms with Gasteiger partial charge in [-0.15, -0.1) is 0 Å². The van der Waals surface area contributed by atoms with Crippen LogP contribution in [-0.2, 0) is 24.0 Å². The van der Waals surface area contributed by atoms with Crippen LogP contribution in [0.5, 0.6) is 0 Å². The Morgan fingerprint density at radius 3 is 1.84 bits per heavy atom. The van der Waals surface area contributed by atoms with Gasteiger partial charge in [0, 0.05) is 0 Å². The fourth-order valence-electron chi connectivity index (χ4n) is 2.48. The minimum absolute atomic E-state index is 0.189. The topological polar surface area (TPSA) is 208 Å². The van der Waals surface area contributed by atoms with Crippen LogP contribution in [0.4, 0.5) is 0 Å². The van der Waals surface area contributed by atoms with Crippen molar-refractivity contribution in [1.29, 1.82) is 0 Å². The van der Waals surface area contributed by atoms with Crippen LogP contribution in [0.15, 0.2) is 0 Å². The number of nitrogens with one attached hydrogen (secondary N) is 3. The average Bonchev–Trinajstić information content (AvgIpc) is 2.65. The van der Waals surface area contributed by atoms with Gasteiger partial charge in [0.15, 0.2) is 0 Å². The quantitative estimate of drug-likeness (QED) is 0.152. The molecule has 0 aliphatic rings. The molecule has 3 amide bonds. The Kier molecular flexibility index (Phi) is 12.8. The van der Waals surface area contributed by atoms with E-state index in [-0.39, 0.29) is 6.42 Å². The van der Waals surface area contributed by atoms with E-state index in [9.17, 15) is 34.2 Å². The highest BCUT2D eigenvalue weighted by molar-refractivity contribution is 7.98. The molecule has 0 aliphatic heterocycles. The molecule has 0 rings (SSSR count). The maximum atomic E-state index is 12.6. The van der Waals surface area contributed by atoms with Crippen molar-refractivity contribution in [3.63, 3.8) is 0 Å². The molecular formula is C18H32N4O8S. The summed E-state index contributed by atoms with van der Waals surface area (Å²) in [4.78, 5) is 59.3. The Bertz CT molecular complexity index is 658. The van der Waals surface area contributed by atoms with E-state index in [0.717, 1.165) is 0 Å². The molecule has 0 aromatic heterocycles. The molecule has 0 aromatic carbocycles. The lowest BCUT2D eigenvalue weighted by Gasteiger charge is -2.28. The van der Waals surface area contributed by atoms with Crippen molar-refractivity contribution in [1.82, 2.24) is 16.0 Å². The predicted octanol–water partition coefficient (Wildman–Crippen LogP) is -1.88. The SMILES string of the molecule is CSCCC(NC(=O)C(NC(=O)C(NC(=O)C(N)CC(=O)O)C(C)O)C(C)C)C(=O)O. The molecular weight excluding hydrogens is 432 g/mol. The first-order valence-corrected chi connectivity index (χ1v) is 11.0. The molecule has 0 saturated carbocycles. The Morgan fingerprint density at radius 1 is 0.903 bits per heavy atom. The standard InChI is InChI=1S/C18H32N4O8S/c1-8(2)13(16(27)20-11(18(29)30)5-6-31-4)21-17(28)14(9(3)23)22-15(26)10(19)7-12(24)25/h8-11,13-14,23H,5-7,19H2,1-4H3,(H,20,27)(H,21,28)(H,22,26)(H,24,25)(H,29,30). The molecule has 0 aliphatic carbocycles. The third-order valence-corrected chi connectivity index (χ3v) is 4.91. The van der Waals surface area contributed by atoms with Gasteiger partial charge in [-0.3, -0.25) is 19.2 Å². The van der Waals surface area contributed by atoms with Gasteiger partial charge in [-0.1, -0.05) is 13.8 Å². The molecule has 12 nitrogen and oxygen atoms in total. The molecule has 5 atom stereocenters. The molecule has 0 radical (unpaired) electrons. The van der Waals surface area contributed by atoms with E-state index in [4.69, 9.17) is 10.8 Å². The molecule has 5 unspecified atom stereocenters. The van der Waals surface area contributed by atoms with Gasteiger partial charge in [0.2, 0.25) is 17.7 Å². The lowest BCUT2D eigenvalue weighted by molar-refractivity contribution is -0.142. The molecule has 0 heterocycles. The number of carboxylic acids is 2. The molecule has 0 aromatic rings. The van der Waals surface area contributed by atoms with Crippen molar-refractivity contribution in [2.75, 3.05) is 12.0 Å². The maximum absolute atomic E-state index is 12.6. The molecule has 8 N–H and O–H groups in total. The number of carbonyl (C=O) groups excluding carboxylic acids is 3. The largest absolute Gasteiger partial charge is 0.481 e. The number of aliphatic hydroxyl groups is 1. The molecule has 13 heteroatoms. The third-order valence-electron chi connectivity index (χ3n) is 4.27. The number of rotatable bonds is 14. The third kappa shape index (κ3) is 10.5. The van der Waals surface area contributed by atoms with Crippen molar-refractivity contribution in [2.45, 2.75) is 63.9 Å². The second-order valence-electron chi connectivity index (χ2n) is 7.34. The van der Waals surface area contributed by atoms with E-state index in [1.807, 2.05) is 0 Å². The number of aliphatic hydroxyl groups excluding tert-OH is 1. The van der Waals surface area contributed by atoms with Crippen molar-refractivity contribution in [3.8, 4) is 0 Å². The van der Waals surface area contributed by atoms with E-state index < -0.39 is 72.3 Å². The number of hydrogen-bond acceptors (Lipinski definition) is 8. The lowest BCUT2D eigenvalue weighted by atomic mass is 10.0. The highest BCUT2D eigenvalue weighted by Gasteiger charge is 2.33.